The van der Waals surface area contributed by atoms with E-state index in [1.807, 2.05) is 12.1 Å². The Morgan fingerprint density at radius 1 is 1.10 bits per heavy atom. The molecule has 0 aliphatic rings. The molecule has 0 bridgehead atoms. The van der Waals surface area contributed by atoms with Crippen molar-refractivity contribution in [2.45, 2.75) is 38.6 Å². The number of pyridine rings is 1. The van der Waals surface area contributed by atoms with Crippen molar-refractivity contribution in [1.82, 2.24) is 4.98 Å². The van der Waals surface area contributed by atoms with E-state index in [0.717, 1.165) is 12.1 Å². The van der Waals surface area contributed by atoms with Crippen molar-refractivity contribution in [1.29, 1.82) is 0 Å². The molecule has 1 unspecified atom stereocenters. The fraction of sp³-hybridized carbons (Fsp3) is 0.389. The van der Waals surface area contributed by atoms with Crippen LogP contribution in [-0.2, 0) is 0 Å². The molecule has 0 saturated heterocycles. The van der Waals surface area contributed by atoms with Crippen LogP contribution in [0, 0.1) is 0 Å². The second kappa shape index (κ2) is 8.30. The maximum Gasteiger partial charge on any atom is 0.237 e. The second-order valence-electron chi connectivity index (χ2n) is 5.16. The molecule has 1 aromatic carbocycles. The first-order valence-corrected chi connectivity index (χ1v) is 7.65. The van der Waals surface area contributed by atoms with E-state index in [0.29, 0.717) is 5.88 Å². The predicted octanol–water partition coefficient (Wildman–Crippen LogP) is 4.82. The van der Waals surface area contributed by atoms with E-state index in [4.69, 9.17) is 4.74 Å². The average molecular weight is 284 g/mol. The van der Waals surface area contributed by atoms with E-state index in [1.165, 1.54) is 24.8 Å². The Balaban J connectivity index is 2.15. The highest BCUT2D eigenvalue weighted by atomic mass is 16.5. The number of aromatic nitrogens is 1. The van der Waals surface area contributed by atoms with Gasteiger partial charge in [-0.2, -0.15) is 0 Å². The van der Waals surface area contributed by atoms with Crippen LogP contribution in [0.5, 0.6) is 5.88 Å². The van der Waals surface area contributed by atoms with Crippen LogP contribution in [0.25, 0.3) is 0 Å². The number of hydrogen-bond acceptors (Lipinski definition) is 3. The fourth-order valence-corrected chi connectivity index (χ4v) is 2.46. The first-order chi connectivity index (χ1) is 10.3. The molecule has 0 saturated carbocycles. The van der Waals surface area contributed by atoms with Crippen LogP contribution in [0.1, 0.15) is 44.2 Å². The summed E-state index contributed by atoms with van der Waals surface area (Å²) < 4.78 is 5.33. The highest BCUT2D eigenvalue weighted by molar-refractivity contribution is 5.53. The monoisotopic (exact) mass is 284 g/mol. The van der Waals surface area contributed by atoms with Gasteiger partial charge in [0.05, 0.1) is 18.8 Å². The van der Waals surface area contributed by atoms with Crippen molar-refractivity contribution in [2.24, 2.45) is 0 Å². The minimum atomic E-state index is 0.288. The van der Waals surface area contributed by atoms with Crippen molar-refractivity contribution in [2.75, 3.05) is 12.4 Å². The maximum absolute atomic E-state index is 5.33. The molecule has 112 valence electrons. The first kappa shape index (κ1) is 15.4. The molecule has 21 heavy (non-hydrogen) atoms. The van der Waals surface area contributed by atoms with Gasteiger partial charge in [-0.15, -0.1) is 0 Å². The molecule has 1 atom stereocenters. The Morgan fingerprint density at radius 2 is 1.90 bits per heavy atom. The molecule has 3 heteroatoms. The lowest BCUT2D eigenvalue weighted by atomic mass is 10.00. The van der Waals surface area contributed by atoms with Gasteiger partial charge in [0.1, 0.15) is 0 Å². The van der Waals surface area contributed by atoms with E-state index < -0.39 is 0 Å². The molecule has 1 heterocycles. The summed E-state index contributed by atoms with van der Waals surface area (Å²) in [7, 11) is 1.65. The lowest BCUT2D eigenvalue weighted by Gasteiger charge is -2.21. The molecule has 1 N–H and O–H groups in total. The van der Waals surface area contributed by atoms with Crippen LogP contribution in [0.2, 0.25) is 0 Å². The predicted molar refractivity (Wildman–Crippen MR) is 87.7 cm³/mol. The Kier molecular flexibility index (Phi) is 6.07. The van der Waals surface area contributed by atoms with Gasteiger partial charge < -0.3 is 10.1 Å². The summed E-state index contributed by atoms with van der Waals surface area (Å²) in [5.74, 6) is 0.647. The molecule has 0 aliphatic carbocycles. The Morgan fingerprint density at radius 3 is 2.62 bits per heavy atom. The fourth-order valence-electron chi connectivity index (χ4n) is 2.46. The first-order valence-electron chi connectivity index (χ1n) is 7.65. The van der Waals surface area contributed by atoms with Gasteiger partial charge in [0.2, 0.25) is 5.88 Å². The summed E-state index contributed by atoms with van der Waals surface area (Å²) in [5, 5.41) is 3.59. The van der Waals surface area contributed by atoms with Crippen molar-refractivity contribution in [3.05, 3.63) is 54.2 Å². The van der Waals surface area contributed by atoms with Crippen LogP contribution in [0.3, 0.4) is 0 Å². The number of benzene rings is 1. The molecule has 0 amide bonds. The third kappa shape index (κ3) is 4.48. The quantitative estimate of drug-likeness (QED) is 0.705. The highest BCUT2D eigenvalue weighted by Gasteiger charge is 2.13. The van der Waals surface area contributed by atoms with Crippen LogP contribution in [0.15, 0.2) is 48.7 Å². The molecule has 2 rings (SSSR count). The van der Waals surface area contributed by atoms with Gasteiger partial charge in [-0.1, -0.05) is 56.5 Å². The zero-order valence-corrected chi connectivity index (χ0v) is 12.9. The van der Waals surface area contributed by atoms with Gasteiger partial charge in [-0.05, 0) is 24.1 Å². The average Bonchev–Trinajstić information content (AvgIpc) is 2.55. The maximum atomic E-state index is 5.33. The molecule has 0 aliphatic heterocycles. The van der Waals surface area contributed by atoms with Gasteiger partial charge in [-0.3, -0.25) is 0 Å². The van der Waals surface area contributed by atoms with Crippen LogP contribution < -0.4 is 10.1 Å². The van der Waals surface area contributed by atoms with Gasteiger partial charge in [-0.25, -0.2) is 4.98 Å². The topological polar surface area (TPSA) is 34.2 Å². The van der Waals surface area contributed by atoms with E-state index in [9.17, 15) is 0 Å². The lowest BCUT2D eigenvalue weighted by molar-refractivity contribution is 0.399. The second-order valence-corrected chi connectivity index (χ2v) is 5.16. The van der Waals surface area contributed by atoms with Crippen molar-refractivity contribution in [3.8, 4) is 5.88 Å². The number of methoxy groups -OCH3 is 1. The normalized spacial score (nSPS) is 11.9. The number of nitrogens with one attached hydrogen (secondary N) is 1. The minimum Gasteiger partial charge on any atom is -0.480 e. The van der Waals surface area contributed by atoms with Crippen LogP contribution in [-0.4, -0.2) is 12.1 Å². The molecule has 2 aromatic rings. The third-order valence-electron chi connectivity index (χ3n) is 3.59. The number of rotatable bonds is 8. The lowest BCUT2D eigenvalue weighted by Crippen LogP contribution is -2.12. The van der Waals surface area contributed by atoms with Crippen molar-refractivity contribution < 1.29 is 4.74 Å². The minimum absolute atomic E-state index is 0.288. The van der Waals surface area contributed by atoms with Gasteiger partial charge in [0.15, 0.2) is 0 Å². The summed E-state index contributed by atoms with van der Waals surface area (Å²) in [6.07, 6.45) is 6.56. The standard InChI is InChI=1S/C18H24N2O/c1-3-4-6-12-16(15-10-7-5-8-11-15)20-17-13-9-14-19-18(17)21-2/h5,7-11,13-14,16,20H,3-4,6,12H2,1-2H3. The van der Waals surface area contributed by atoms with Crippen LogP contribution in [0.4, 0.5) is 5.69 Å². The summed E-state index contributed by atoms with van der Waals surface area (Å²) >= 11 is 0. The molecule has 0 radical (unpaired) electrons. The van der Waals surface area contributed by atoms with E-state index in [2.05, 4.69) is 47.6 Å². The zero-order valence-electron chi connectivity index (χ0n) is 12.9. The summed E-state index contributed by atoms with van der Waals surface area (Å²) in [5.41, 5.74) is 2.25. The van der Waals surface area contributed by atoms with E-state index in [1.54, 1.807) is 13.3 Å². The Bertz CT molecular complexity index is 528. The van der Waals surface area contributed by atoms with Crippen LogP contribution >= 0.6 is 0 Å². The van der Waals surface area contributed by atoms with Crippen molar-refractivity contribution >= 4 is 5.69 Å². The van der Waals surface area contributed by atoms with Gasteiger partial charge >= 0.3 is 0 Å². The summed E-state index contributed by atoms with van der Waals surface area (Å²) in [6.45, 7) is 2.23. The van der Waals surface area contributed by atoms with Gasteiger partial charge in [0, 0.05) is 6.20 Å². The number of hydrogen-bond donors (Lipinski definition) is 1. The van der Waals surface area contributed by atoms with Gasteiger partial charge in [0.25, 0.3) is 0 Å². The number of unbranched alkanes of at least 4 members (excludes halogenated alkanes) is 2. The Labute approximate surface area is 127 Å². The largest absolute Gasteiger partial charge is 0.480 e. The van der Waals surface area contributed by atoms with Crippen molar-refractivity contribution in [3.63, 3.8) is 0 Å². The Hall–Kier alpha value is -2.03. The molecule has 1 aromatic heterocycles. The third-order valence-corrected chi connectivity index (χ3v) is 3.59. The molecular weight excluding hydrogens is 260 g/mol. The van der Waals surface area contributed by atoms with E-state index in [-0.39, 0.29) is 6.04 Å². The number of nitrogens with zero attached hydrogens (tertiary/aromatic N) is 1. The number of anilines is 1. The summed E-state index contributed by atoms with van der Waals surface area (Å²) in [6, 6.07) is 14.8. The SMILES string of the molecule is CCCCCC(Nc1cccnc1OC)c1ccccc1. The summed E-state index contributed by atoms with van der Waals surface area (Å²) in [4.78, 5) is 4.26. The number of ether oxygens (including phenoxy) is 1. The van der Waals surface area contributed by atoms with E-state index >= 15 is 0 Å². The zero-order chi connectivity index (χ0) is 14.9. The molecular formula is C18H24N2O. The smallest absolute Gasteiger partial charge is 0.237 e. The molecule has 3 nitrogen and oxygen atoms in total. The molecule has 0 spiro atoms. The highest BCUT2D eigenvalue weighted by Crippen LogP contribution is 2.29. The molecule has 0 fully saturated rings.